The minimum absolute atomic E-state index is 0. The molecule has 0 bridgehead atoms. The Labute approximate surface area is 209 Å². The van der Waals surface area contributed by atoms with Gasteiger partial charge >= 0.3 is 0 Å². The summed E-state index contributed by atoms with van der Waals surface area (Å²) in [5.74, 6) is 1.82. The lowest BCUT2D eigenvalue weighted by molar-refractivity contribution is 0.121. The molecule has 3 aliphatic heterocycles. The van der Waals surface area contributed by atoms with Crippen molar-refractivity contribution in [3.63, 3.8) is 0 Å². The first kappa shape index (κ1) is 24.1. The van der Waals surface area contributed by atoms with Crippen molar-refractivity contribution in [1.82, 2.24) is 15.2 Å². The van der Waals surface area contributed by atoms with E-state index in [1.165, 1.54) is 44.9 Å². The summed E-state index contributed by atoms with van der Waals surface area (Å²) < 4.78 is 6.74. The summed E-state index contributed by atoms with van der Waals surface area (Å²) in [6.45, 7) is 2.90. The smallest absolute Gasteiger partial charge is 0.146 e. The minimum atomic E-state index is -0.280. The SMILES string of the molecule is Cl.NC1CCCCCCCC2CC2NCC2CC3(C=Cc4c(cnc5ccccc45)O3)CN2C1. The Balaban J connectivity index is 0.00000241. The van der Waals surface area contributed by atoms with Gasteiger partial charge in [0, 0.05) is 55.1 Å². The van der Waals surface area contributed by atoms with Crippen molar-refractivity contribution < 1.29 is 4.74 Å². The average Bonchev–Trinajstić information content (AvgIpc) is 3.50. The molecule has 0 amide bonds. The number of nitrogens with two attached hydrogens (primary N) is 1. The third-order valence-corrected chi connectivity index (χ3v) is 8.37. The molecule has 5 unspecified atom stereocenters. The summed E-state index contributed by atoms with van der Waals surface area (Å²) in [7, 11) is 0. The normalized spacial score (nSPS) is 34.1. The molecule has 6 rings (SSSR count). The fourth-order valence-electron chi connectivity index (χ4n) is 6.40. The van der Waals surface area contributed by atoms with Crippen LogP contribution in [0.25, 0.3) is 17.0 Å². The topological polar surface area (TPSA) is 63.4 Å². The molecule has 1 aromatic carbocycles. The number of aromatic nitrogens is 1. The van der Waals surface area contributed by atoms with Gasteiger partial charge < -0.3 is 15.8 Å². The highest BCUT2D eigenvalue weighted by atomic mass is 35.5. The summed E-state index contributed by atoms with van der Waals surface area (Å²) in [4.78, 5) is 7.27. The zero-order valence-corrected chi connectivity index (χ0v) is 20.9. The van der Waals surface area contributed by atoms with Gasteiger partial charge in [-0.3, -0.25) is 9.88 Å². The first-order valence-corrected chi connectivity index (χ1v) is 13.2. The van der Waals surface area contributed by atoms with E-state index in [0.29, 0.717) is 6.04 Å². The number of hydrogen-bond donors (Lipinski definition) is 2. The standard InChI is InChI=1S/C28H38N4O.ClH/c29-21-9-5-3-1-2-4-8-20-14-26(20)30-16-22-15-28(19-32(22)18-21)13-12-24-23-10-6-7-11-25(23)31-17-27(24)33-28;/h6-7,10-13,17,20-22,26,30H,1-5,8-9,14-16,18-19,29H2;1H. The van der Waals surface area contributed by atoms with Crippen LogP contribution in [0.1, 0.15) is 63.4 Å². The first-order chi connectivity index (χ1) is 16.2. The highest BCUT2D eigenvalue weighted by Gasteiger charge is 2.47. The van der Waals surface area contributed by atoms with E-state index in [2.05, 4.69) is 45.6 Å². The van der Waals surface area contributed by atoms with Gasteiger partial charge in [-0.25, -0.2) is 0 Å². The monoisotopic (exact) mass is 482 g/mol. The molecule has 184 valence electrons. The highest BCUT2D eigenvalue weighted by molar-refractivity contribution is 5.90. The van der Waals surface area contributed by atoms with Crippen LogP contribution in [0, 0.1) is 5.92 Å². The van der Waals surface area contributed by atoms with Crippen LogP contribution in [0.3, 0.4) is 0 Å². The number of para-hydroxylation sites is 1. The molecule has 2 aromatic rings. The lowest BCUT2D eigenvalue weighted by Crippen LogP contribution is -2.45. The maximum Gasteiger partial charge on any atom is 0.146 e. The number of ether oxygens (including phenoxy) is 1. The molecule has 3 N–H and O–H groups in total. The van der Waals surface area contributed by atoms with E-state index >= 15 is 0 Å². The number of nitrogens with one attached hydrogen (secondary N) is 1. The van der Waals surface area contributed by atoms with E-state index in [4.69, 9.17) is 10.5 Å². The Morgan fingerprint density at radius 2 is 1.91 bits per heavy atom. The van der Waals surface area contributed by atoms with Gasteiger partial charge in [-0.05, 0) is 37.3 Å². The molecule has 5 atom stereocenters. The van der Waals surface area contributed by atoms with Gasteiger partial charge in [0.2, 0.25) is 0 Å². The van der Waals surface area contributed by atoms with E-state index in [9.17, 15) is 0 Å². The number of nitrogens with zero attached hydrogens (tertiary/aromatic N) is 2. The second-order valence-electron chi connectivity index (χ2n) is 11.0. The molecular formula is C28H39ClN4O. The van der Waals surface area contributed by atoms with Gasteiger partial charge in [0.15, 0.2) is 0 Å². The fourth-order valence-corrected chi connectivity index (χ4v) is 6.40. The Morgan fingerprint density at radius 1 is 1.09 bits per heavy atom. The summed E-state index contributed by atoms with van der Waals surface area (Å²) in [6, 6.07) is 9.75. The molecule has 1 aliphatic carbocycles. The van der Waals surface area contributed by atoms with Crippen molar-refractivity contribution in [2.45, 2.75) is 81.5 Å². The van der Waals surface area contributed by atoms with Crippen molar-refractivity contribution in [1.29, 1.82) is 0 Å². The van der Waals surface area contributed by atoms with Gasteiger partial charge in [0.1, 0.15) is 11.4 Å². The fraction of sp³-hybridized carbons (Fsp3) is 0.607. The second kappa shape index (κ2) is 10.1. The molecule has 2 saturated heterocycles. The number of fused-ring (bicyclic) bond motifs is 5. The Kier molecular flexibility index (Phi) is 7.17. The Morgan fingerprint density at radius 3 is 2.82 bits per heavy atom. The molecule has 0 radical (unpaired) electrons. The van der Waals surface area contributed by atoms with E-state index in [1.807, 2.05) is 12.3 Å². The van der Waals surface area contributed by atoms with Crippen molar-refractivity contribution in [3.05, 3.63) is 42.1 Å². The second-order valence-corrected chi connectivity index (χ2v) is 11.0. The summed E-state index contributed by atoms with van der Waals surface area (Å²) in [5.41, 5.74) is 8.53. The van der Waals surface area contributed by atoms with E-state index in [1.54, 1.807) is 0 Å². The van der Waals surface area contributed by atoms with Crippen LogP contribution < -0.4 is 15.8 Å². The maximum absolute atomic E-state index is 6.74. The molecular weight excluding hydrogens is 444 g/mol. The summed E-state index contributed by atoms with van der Waals surface area (Å²) in [6.07, 6.45) is 18.2. The first-order valence-electron chi connectivity index (χ1n) is 13.2. The van der Waals surface area contributed by atoms with Crippen LogP contribution in [0.2, 0.25) is 0 Å². The number of halogens is 1. The Hall–Kier alpha value is -1.66. The summed E-state index contributed by atoms with van der Waals surface area (Å²) in [5, 5.41) is 5.07. The van der Waals surface area contributed by atoms with Gasteiger partial charge in [0.25, 0.3) is 0 Å². The largest absolute Gasteiger partial charge is 0.480 e. The van der Waals surface area contributed by atoms with Gasteiger partial charge in [-0.1, -0.05) is 56.4 Å². The molecule has 4 heterocycles. The molecule has 4 aliphatic rings. The number of benzene rings is 1. The Bertz CT molecular complexity index is 1030. The number of pyridine rings is 1. The molecule has 6 heteroatoms. The van der Waals surface area contributed by atoms with Crippen LogP contribution >= 0.6 is 12.4 Å². The molecule has 34 heavy (non-hydrogen) atoms. The lowest BCUT2D eigenvalue weighted by Gasteiger charge is -2.32. The van der Waals surface area contributed by atoms with Gasteiger partial charge in [-0.2, -0.15) is 0 Å². The van der Waals surface area contributed by atoms with Crippen LogP contribution in [-0.2, 0) is 0 Å². The van der Waals surface area contributed by atoms with Crippen molar-refractivity contribution in [2.24, 2.45) is 11.7 Å². The molecule has 1 aromatic heterocycles. The third-order valence-electron chi connectivity index (χ3n) is 8.37. The van der Waals surface area contributed by atoms with E-state index in [0.717, 1.165) is 66.7 Å². The summed E-state index contributed by atoms with van der Waals surface area (Å²) >= 11 is 0. The number of hydrogen-bond acceptors (Lipinski definition) is 5. The van der Waals surface area contributed by atoms with Crippen LogP contribution in [0.5, 0.6) is 5.75 Å². The van der Waals surface area contributed by atoms with E-state index in [-0.39, 0.29) is 24.0 Å². The maximum atomic E-state index is 6.74. The lowest BCUT2D eigenvalue weighted by atomic mass is 9.94. The van der Waals surface area contributed by atoms with Gasteiger partial charge in [-0.15, -0.1) is 12.4 Å². The zero-order chi connectivity index (χ0) is 22.3. The molecule has 1 saturated carbocycles. The highest BCUT2D eigenvalue weighted by Crippen LogP contribution is 2.41. The molecule has 5 nitrogen and oxygen atoms in total. The quantitative estimate of drug-likeness (QED) is 0.557. The zero-order valence-electron chi connectivity index (χ0n) is 20.1. The minimum Gasteiger partial charge on any atom is -0.480 e. The predicted octanol–water partition coefficient (Wildman–Crippen LogP) is 4.93. The number of rotatable bonds is 0. The molecule has 3 fully saturated rings. The predicted molar refractivity (Wildman–Crippen MR) is 142 cm³/mol. The van der Waals surface area contributed by atoms with Crippen molar-refractivity contribution in [2.75, 3.05) is 19.6 Å². The molecule has 1 spiro atoms. The van der Waals surface area contributed by atoms with Crippen LogP contribution in [-0.4, -0.2) is 53.2 Å². The third kappa shape index (κ3) is 4.99. The van der Waals surface area contributed by atoms with E-state index < -0.39 is 0 Å². The van der Waals surface area contributed by atoms with Crippen molar-refractivity contribution in [3.8, 4) is 5.75 Å². The van der Waals surface area contributed by atoms with Crippen molar-refractivity contribution >= 4 is 29.4 Å². The average molecular weight is 483 g/mol. The van der Waals surface area contributed by atoms with Crippen LogP contribution in [0.15, 0.2) is 36.5 Å². The van der Waals surface area contributed by atoms with Gasteiger partial charge in [0.05, 0.1) is 11.7 Å². The van der Waals surface area contributed by atoms with Crippen LogP contribution in [0.4, 0.5) is 0 Å².